The van der Waals surface area contributed by atoms with Crippen molar-refractivity contribution in [3.05, 3.63) is 29.8 Å². The lowest BCUT2D eigenvalue weighted by Crippen LogP contribution is -2.43. The number of rotatable bonds is 2. The van der Waals surface area contributed by atoms with Crippen LogP contribution in [0.4, 0.5) is 13.2 Å². The average Bonchev–Trinajstić information content (AvgIpc) is 2.59. The van der Waals surface area contributed by atoms with Crippen molar-refractivity contribution in [3.63, 3.8) is 0 Å². The molecule has 0 bridgehead atoms. The molecule has 0 spiro atoms. The molecule has 2 heterocycles. The first-order valence-electron chi connectivity index (χ1n) is 8.14. The van der Waals surface area contributed by atoms with E-state index in [0.29, 0.717) is 36.1 Å². The molecule has 0 saturated heterocycles. The average molecular weight is 398 g/mol. The first-order valence-corrected chi connectivity index (χ1v) is 9.29. The zero-order valence-corrected chi connectivity index (χ0v) is 15.4. The molecule has 144 valence electrons. The lowest BCUT2D eigenvalue weighted by Gasteiger charge is -2.37. The third-order valence-electron chi connectivity index (χ3n) is 4.02. The first kappa shape index (κ1) is 19.2. The largest absolute Gasteiger partial charge is 0.483 e. The smallest absolute Gasteiger partial charge is 0.475 e. The minimum Gasteiger partial charge on any atom is -0.483 e. The highest BCUT2D eigenvalue weighted by molar-refractivity contribution is 7.86. The number of halogens is 3. The Labute approximate surface area is 156 Å². The second-order valence-electron chi connectivity index (χ2n) is 6.55. The molecule has 2 aliphatic rings. The van der Waals surface area contributed by atoms with E-state index >= 15 is 0 Å². The third-order valence-corrected chi connectivity index (χ3v) is 5.13. The van der Waals surface area contributed by atoms with Gasteiger partial charge in [0.05, 0.1) is 5.70 Å². The van der Waals surface area contributed by atoms with E-state index in [9.17, 15) is 17.4 Å². The fourth-order valence-corrected chi connectivity index (χ4v) is 3.67. The van der Waals surface area contributed by atoms with E-state index < -0.39 is 21.9 Å². The van der Waals surface area contributed by atoms with E-state index in [1.807, 2.05) is 20.0 Å². The van der Waals surface area contributed by atoms with Gasteiger partial charge in [-0.05, 0) is 44.5 Å². The number of ether oxygens (including phenoxy) is 1. The van der Waals surface area contributed by atoms with Crippen LogP contribution in [0.25, 0.3) is 5.70 Å². The third kappa shape index (κ3) is 3.93. The van der Waals surface area contributed by atoms with Gasteiger partial charge >= 0.3 is 5.51 Å². The van der Waals surface area contributed by atoms with Gasteiger partial charge in [-0.25, -0.2) is 4.21 Å². The zero-order chi connectivity index (χ0) is 19.8. The Morgan fingerprint density at radius 2 is 2.15 bits per heavy atom. The molecule has 0 aliphatic carbocycles. The van der Waals surface area contributed by atoms with Crippen LogP contribution in [0.2, 0.25) is 0 Å². The number of hydrogen-bond donors (Lipinski definition) is 1. The number of guanidine groups is 1. The highest BCUT2D eigenvalue weighted by Gasteiger charge is 2.39. The van der Waals surface area contributed by atoms with Crippen LogP contribution in [-0.4, -0.2) is 39.3 Å². The predicted molar refractivity (Wildman–Crippen MR) is 94.0 cm³/mol. The van der Waals surface area contributed by atoms with Gasteiger partial charge in [-0.1, -0.05) is 0 Å². The molecular formula is C17H17F3N4O2S. The van der Waals surface area contributed by atoms with Crippen molar-refractivity contribution in [3.8, 4) is 11.9 Å². The molecule has 0 saturated carbocycles. The number of nitrogens with zero attached hydrogens (tertiary/aromatic N) is 3. The fraction of sp³-hybridized carbons (Fsp3) is 0.412. The van der Waals surface area contributed by atoms with Crippen LogP contribution < -0.4 is 10.1 Å². The summed E-state index contributed by atoms with van der Waals surface area (Å²) in [6, 6.07) is 3.76. The van der Waals surface area contributed by atoms with Gasteiger partial charge in [-0.3, -0.25) is 10.3 Å². The molecule has 1 aromatic carbocycles. The van der Waals surface area contributed by atoms with Crippen molar-refractivity contribution in [1.82, 2.24) is 10.2 Å². The molecule has 0 aromatic heterocycles. The van der Waals surface area contributed by atoms with Crippen LogP contribution >= 0.6 is 0 Å². The molecule has 6 nitrogen and oxygen atoms in total. The predicted octanol–water partition coefficient (Wildman–Crippen LogP) is 2.96. The summed E-state index contributed by atoms with van der Waals surface area (Å²) >= 11 is 0. The molecular weight excluding hydrogens is 381 g/mol. The molecule has 1 N–H and O–H groups in total. The standard InChI is InChI=1S/C17H17F3N4O2S/c1-16(2)9-13(24-7-3-6-22-15(24)23-10-21)12-8-11(4-5-14(12)26-16)27(25)17(18,19)20/h4-5,8-9H,3,6-7H2,1-2H3,(H,22,23). The van der Waals surface area contributed by atoms with Crippen molar-refractivity contribution < 1.29 is 22.1 Å². The maximum Gasteiger partial charge on any atom is 0.475 e. The number of hydrogen-bond acceptors (Lipinski definition) is 6. The Hall–Kier alpha value is -2.54. The summed E-state index contributed by atoms with van der Waals surface area (Å²) in [5.74, 6) is 0.698. The summed E-state index contributed by atoms with van der Waals surface area (Å²) in [4.78, 5) is 5.65. The highest BCUT2D eigenvalue weighted by atomic mass is 32.2. The fourth-order valence-electron chi connectivity index (χ4n) is 2.99. The maximum atomic E-state index is 12.9. The van der Waals surface area contributed by atoms with Gasteiger partial charge in [0.15, 0.2) is 17.0 Å². The van der Waals surface area contributed by atoms with E-state index in [-0.39, 0.29) is 4.90 Å². The van der Waals surface area contributed by atoms with E-state index in [1.165, 1.54) is 12.1 Å². The Kier molecular flexibility index (Phi) is 4.90. The van der Waals surface area contributed by atoms with Crippen LogP contribution in [0.1, 0.15) is 25.8 Å². The first-order chi connectivity index (χ1) is 12.6. The SMILES string of the molecule is CC1(C)C=C(N2CCCN=C2NC#N)c2cc(S(=O)C(F)(F)F)ccc2O1. The van der Waals surface area contributed by atoms with E-state index in [2.05, 4.69) is 10.3 Å². The number of aliphatic imine (C=N–C) groups is 1. The second-order valence-corrected chi connectivity index (χ2v) is 8.03. The van der Waals surface area contributed by atoms with Crippen LogP contribution in [0.15, 0.2) is 34.2 Å². The number of alkyl halides is 3. The van der Waals surface area contributed by atoms with Crippen molar-refractivity contribution in [1.29, 1.82) is 5.26 Å². The van der Waals surface area contributed by atoms with Gasteiger partial charge in [0.2, 0.25) is 5.96 Å². The lowest BCUT2D eigenvalue weighted by atomic mass is 9.98. The molecule has 3 rings (SSSR count). The van der Waals surface area contributed by atoms with Gasteiger partial charge in [-0.2, -0.15) is 18.4 Å². The quantitative estimate of drug-likeness (QED) is 0.612. The molecule has 0 amide bonds. The van der Waals surface area contributed by atoms with Crippen LogP contribution in [0, 0.1) is 11.5 Å². The van der Waals surface area contributed by atoms with Crippen LogP contribution in [0.5, 0.6) is 5.75 Å². The van der Waals surface area contributed by atoms with E-state index in [1.54, 1.807) is 11.0 Å². The number of nitriles is 1. The van der Waals surface area contributed by atoms with Gasteiger partial charge < -0.3 is 9.64 Å². The summed E-state index contributed by atoms with van der Waals surface area (Å²) in [6.07, 6.45) is 4.30. The van der Waals surface area contributed by atoms with Crippen molar-refractivity contribution in [2.24, 2.45) is 4.99 Å². The topological polar surface area (TPSA) is 77.7 Å². The normalized spacial score (nSPS) is 19.8. The zero-order valence-electron chi connectivity index (χ0n) is 14.6. The molecule has 2 aliphatic heterocycles. The monoisotopic (exact) mass is 398 g/mol. The van der Waals surface area contributed by atoms with Gasteiger partial charge in [-0.15, -0.1) is 0 Å². The summed E-state index contributed by atoms with van der Waals surface area (Å²) < 4.78 is 56.3. The van der Waals surface area contributed by atoms with Crippen LogP contribution in [-0.2, 0) is 10.8 Å². The summed E-state index contributed by atoms with van der Waals surface area (Å²) in [5.41, 5.74) is -4.64. The van der Waals surface area contributed by atoms with Gasteiger partial charge in [0.1, 0.15) is 11.4 Å². The molecule has 1 unspecified atom stereocenters. The number of fused-ring (bicyclic) bond motifs is 1. The minimum absolute atomic E-state index is 0.320. The molecule has 27 heavy (non-hydrogen) atoms. The Bertz CT molecular complexity index is 887. The Morgan fingerprint density at radius 1 is 1.41 bits per heavy atom. The van der Waals surface area contributed by atoms with E-state index in [4.69, 9.17) is 10.00 Å². The maximum absolute atomic E-state index is 12.9. The van der Waals surface area contributed by atoms with Crippen molar-refractivity contribution in [2.45, 2.75) is 36.3 Å². The van der Waals surface area contributed by atoms with E-state index in [0.717, 1.165) is 12.5 Å². The second kappa shape index (κ2) is 6.88. The molecule has 10 heteroatoms. The Balaban J connectivity index is 2.11. The summed E-state index contributed by atoms with van der Waals surface area (Å²) in [7, 11) is -3.15. The molecule has 0 fully saturated rings. The van der Waals surface area contributed by atoms with Crippen molar-refractivity contribution in [2.75, 3.05) is 13.1 Å². The molecule has 1 aromatic rings. The van der Waals surface area contributed by atoms with Gasteiger partial charge in [0, 0.05) is 23.5 Å². The molecule has 1 atom stereocenters. The minimum atomic E-state index is -4.85. The summed E-state index contributed by atoms with van der Waals surface area (Å²) in [5, 5.41) is 11.5. The van der Waals surface area contributed by atoms with Gasteiger partial charge in [0.25, 0.3) is 0 Å². The number of benzene rings is 1. The molecule has 0 radical (unpaired) electrons. The van der Waals surface area contributed by atoms with Crippen LogP contribution in [0.3, 0.4) is 0 Å². The summed E-state index contributed by atoms with van der Waals surface area (Å²) in [6.45, 7) is 4.70. The van der Waals surface area contributed by atoms with Crippen molar-refractivity contribution >= 4 is 22.5 Å². The lowest BCUT2D eigenvalue weighted by molar-refractivity contribution is -0.0384. The highest BCUT2D eigenvalue weighted by Crippen LogP contribution is 2.40. The Morgan fingerprint density at radius 3 is 2.81 bits per heavy atom. The number of nitrogens with one attached hydrogen (secondary N) is 1.